The lowest BCUT2D eigenvalue weighted by Gasteiger charge is -2.42. The maximum Gasteiger partial charge on any atom is 0.252 e. The molecule has 0 aliphatic carbocycles. The quantitative estimate of drug-likeness (QED) is 0.320. The van der Waals surface area contributed by atoms with E-state index in [1.165, 1.54) is 0 Å². The zero-order valence-electron chi connectivity index (χ0n) is 19.0. The molecule has 4 nitrogen and oxygen atoms in total. The molecule has 4 aromatic rings. The minimum Gasteiger partial charge on any atom is -0.480 e. The van der Waals surface area contributed by atoms with Gasteiger partial charge in [-0.05, 0) is 42.3 Å². The lowest BCUT2D eigenvalue weighted by molar-refractivity contribution is -0.0852. The third-order valence-electron chi connectivity index (χ3n) is 6.77. The van der Waals surface area contributed by atoms with Crippen LogP contribution >= 0.6 is 11.6 Å². The van der Waals surface area contributed by atoms with E-state index < -0.39 is 17.6 Å². The van der Waals surface area contributed by atoms with Crippen molar-refractivity contribution in [2.45, 2.75) is 24.5 Å². The van der Waals surface area contributed by atoms with E-state index in [4.69, 9.17) is 21.2 Å². The zero-order chi connectivity index (χ0) is 24.0. The molecule has 4 aromatic carbocycles. The van der Waals surface area contributed by atoms with Crippen molar-refractivity contribution in [3.63, 3.8) is 0 Å². The Labute approximate surface area is 208 Å². The fourth-order valence-corrected chi connectivity index (χ4v) is 5.18. The molecule has 172 valence electrons. The normalized spacial score (nSPS) is 22.8. The van der Waals surface area contributed by atoms with Gasteiger partial charge in [0.1, 0.15) is 5.75 Å². The molecule has 2 aliphatic heterocycles. The van der Waals surface area contributed by atoms with Gasteiger partial charge in [0, 0.05) is 10.6 Å². The van der Waals surface area contributed by atoms with E-state index in [1.54, 1.807) is 6.07 Å². The highest BCUT2D eigenvalue weighted by atomic mass is 35.5. The Morgan fingerprint density at radius 3 is 2.23 bits per heavy atom. The minimum atomic E-state index is -1.42. The minimum absolute atomic E-state index is 0.147. The highest BCUT2D eigenvalue weighted by Gasteiger charge is 2.64. The van der Waals surface area contributed by atoms with Gasteiger partial charge in [-0.15, -0.1) is 0 Å². The van der Waals surface area contributed by atoms with Crippen LogP contribution in [0.3, 0.4) is 0 Å². The number of carbonyl (C=O) groups is 1. The number of aryl methyl sites for hydroxylation is 1. The van der Waals surface area contributed by atoms with Gasteiger partial charge in [-0.2, -0.15) is 0 Å². The summed E-state index contributed by atoms with van der Waals surface area (Å²) < 4.78 is 6.56. The van der Waals surface area contributed by atoms with Crippen molar-refractivity contribution in [1.29, 1.82) is 0 Å². The fraction of sp³-hybridized carbons (Fsp3) is 0.133. The molecule has 0 N–H and O–H groups in total. The monoisotopic (exact) mass is 479 g/mol. The summed E-state index contributed by atoms with van der Waals surface area (Å²) in [5, 5.41) is 5.19. The Hall–Kier alpha value is -3.89. The summed E-state index contributed by atoms with van der Waals surface area (Å²) >= 11 is 6.17. The van der Waals surface area contributed by atoms with Crippen molar-refractivity contribution < 1.29 is 14.4 Å². The molecule has 6 rings (SSSR count). The molecule has 0 saturated carbocycles. The van der Waals surface area contributed by atoms with Crippen molar-refractivity contribution in [3.05, 3.63) is 136 Å². The Morgan fingerprint density at radius 1 is 0.800 bits per heavy atom. The summed E-state index contributed by atoms with van der Waals surface area (Å²) in [6, 6.07) is 32.7. The second-order valence-corrected chi connectivity index (χ2v) is 9.38. The van der Waals surface area contributed by atoms with Crippen LogP contribution in [0.4, 0.5) is 0 Å². The van der Waals surface area contributed by atoms with Crippen LogP contribution in [0.1, 0.15) is 44.6 Å². The SMILES string of the molecule is Cc1ccc([C@@H]2C(c3ccc(Cl)cc3)=NO[C@@]23C(=O)c2ccccc2O[C@H]3c2ccccc2)cc1. The van der Waals surface area contributed by atoms with Crippen LogP contribution in [0.25, 0.3) is 0 Å². The first-order chi connectivity index (χ1) is 17.1. The number of hydrogen-bond acceptors (Lipinski definition) is 4. The van der Waals surface area contributed by atoms with Crippen LogP contribution in [0, 0.1) is 6.92 Å². The summed E-state index contributed by atoms with van der Waals surface area (Å²) in [5.41, 5.74) is 3.49. The van der Waals surface area contributed by atoms with Gasteiger partial charge >= 0.3 is 0 Å². The van der Waals surface area contributed by atoms with Crippen molar-refractivity contribution in [2.75, 3.05) is 0 Å². The molecule has 0 bridgehead atoms. The maximum absolute atomic E-state index is 14.4. The molecule has 0 amide bonds. The molecule has 3 atom stereocenters. The Balaban J connectivity index is 1.60. The summed E-state index contributed by atoms with van der Waals surface area (Å²) in [7, 11) is 0. The number of Topliss-reactive ketones (excluding diaryl/α,β-unsaturated/α-hetero) is 1. The van der Waals surface area contributed by atoms with Gasteiger partial charge in [0.05, 0.1) is 17.2 Å². The van der Waals surface area contributed by atoms with E-state index in [-0.39, 0.29) is 5.78 Å². The molecular formula is C30H22ClNO3. The van der Waals surface area contributed by atoms with Gasteiger partial charge < -0.3 is 9.57 Å². The highest BCUT2D eigenvalue weighted by Crippen LogP contribution is 2.54. The van der Waals surface area contributed by atoms with E-state index in [1.807, 2.05) is 104 Å². The number of fused-ring (bicyclic) bond motifs is 1. The first kappa shape index (κ1) is 21.6. The van der Waals surface area contributed by atoms with Gasteiger partial charge in [0.2, 0.25) is 5.78 Å². The second kappa shape index (κ2) is 8.40. The topological polar surface area (TPSA) is 47.9 Å². The highest BCUT2D eigenvalue weighted by molar-refractivity contribution is 6.30. The average Bonchev–Trinajstić information content (AvgIpc) is 3.28. The van der Waals surface area contributed by atoms with Gasteiger partial charge in [0.25, 0.3) is 5.60 Å². The zero-order valence-corrected chi connectivity index (χ0v) is 19.8. The number of benzene rings is 4. The predicted octanol–water partition coefficient (Wildman–Crippen LogP) is 6.92. The third kappa shape index (κ3) is 3.44. The lowest BCUT2D eigenvalue weighted by Crippen LogP contribution is -2.54. The van der Waals surface area contributed by atoms with E-state index >= 15 is 0 Å². The van der Waals surface area contributed by atoms with Gasteiger partial charge in [-0.25, -0.2) is 0 Å². The molecule has 2 aliphatic rings. The molecule has 0 aromatic heterocycles. The number of ether oxygens (including phenoxy) is 1. The predicted molar refractivity (Wildman–Crippen MR) is 136 cm³/mol. The average molecular weight is 480 g/mol. The van der Waals surface area contributed by atoms with Gasteiger partial charge in [0.15, 0.2) is 6.10 Å². The number of halogens is 1. The lowest BCUT2D eigenvalue weighted by atomic mass is 9.68. The number of ketones is 1. The molecule has 0 radical (unpaired) electrons. The molecule has 0 fully saturated rings. The Morgan fingerprint density at radius 2 is 1.49 bits per heavy atom. The van der Waals surface area contributed by atoms with E-state index in [2.05, 4.69) is 5.16 Å². The third-order valence-corrected chi connectivity index (χ3v) is 7.02. The maximum atomic E-state index is 14.4. The van der Waals surface area contributed by atoms with E-state index in [0.29, 0.717) is 22.0 Å². The van der Waals surface area contributed by atoms with Crippen molar-refractivity contribution >= 4 is 23.1 Å². The number of hydrogen-bond donors (Lipinski definition) is 0. The molecule has 35 heavy (non-hydrogen) atoms. The van der Waals surface area contributed by atoms with E-state index in [0.717, 1.165) is 22.3 Å². The van der Waals surface area contributed by atoms with Crippen molar-refractivity contribution in [3.8, 4) is 5.75 Å². The summed E-state index contributed by atoms with van der Waals surface area (Å²) in [6.45, 7) is 2.04. The van der Waals surface area contributed by atoms with Crippen molar-refractivity contribution in [2.24, 2.45) is 5.16 Å². The first-order valence-electron chi connectivity index (χ1n) is 11.5. The molecule has 0 unspecified atom stereocenters. The molecule has 2 heterocycles. The fourth-order valence-electron chi connectivity index (χ4n) is 5.05. The van der Waals surface area contributed by atoms with E-state index in [9.17, 15) is 4.79 Å². The molecule has 1 spiro atoms. The van der Waals surface area contributed by atoms with Crippen molar-refractivity contribution in [1.82, 2.24) is 0 Å². The smallest absolute Gasteiger partial charge is 0.252 e. The van der Waals surface area contributed by atoms with Gasteiger partial charge in [-0.1, -0.05) is 101 Å². The summed E-state index contributed by atoms with van der Waals surface area (Å²) in [4.78, 5) is 20.7. The molecule has 5 heteroatoms. The Kier molecular flexibility index (Phi) is 5.19. The largest absolute Gasteiger partial charge is 0.480 e. The number of carbonyl (C=O) groups excluding carboxylic acids is 1. The summed E-state index contributed by atoms with van der Waals surface area (Å²) in [5.74, 6) is -0.106. The van der Waals surface area contributed by atoms with Crippen LogP contribution in [0.2, 0.25) is 5.02 Å². The first-order valence-corrected chi connectivity index (χ1v) is 11.9. The number of rotatable bonds is 3. The number of nitrogens with zero attached hydrogens (tertiary/aromatic N) is 1. The van der Waals surface area contributed by atoms with Crippen LogP contribution in [0.15, 0.2) is 108 Å². The molecular weight excluding hydrogens is 458 g/mol. The van der Waals surface area contributed by atoms with Gasteiger partial charge in [-0.3, -0.25) is 4.79 Å². The second-order valence-electron chi connectivity index (χ2n) is 8.95. The number of oxime groups is 1. The molecule has 0 saturated heterocycles. The number of para-hydroxylation sites is 1. The standard InChI is InChI=1S/C30H22ClNO3/c1-19-11-13-20(14-12-19)26-27(21-15-17-23(31)18-16-21)32-35-30(26)28(33)24-9-5-6-10-25(24)34-29(30)22-7-3-2-4-8-22/h2-18,26,29H,1H3/t26-,29+,30-/m1/s1. The van der Waals surface area contributed by atoms with Crippen LogP contribution in [0.5, 0.6) is 5.75 Å². The summed E-state index contributed by atoms with van der Waals surface area (Å²) in [6.07, 6.45) is -0.703. The van der Waals surface area contributed by atoms with Crippen LogP contribution < -0.4 is 4.74 Å². The van der Waals surface area contributed by atoms with Crippen LogP contribution in [-0.2, 0) is 4.84 Å². The van der Waals surface area contributed by atoms with Crippen LogP contribution in [-0.4, -0.2) is 17.1 Å². The Bertz CT molecular complexity index is 1430.